The molecule has 0 aliphatic carbocycles. The van der Waals surface area contributed by atoms with Crippen LogP contribution in [0.2, 0.25) is 0 Å². The van der Waals surface area contributed by atoms with Crippen molar-refractivity contribution in [3.8, 4) is 23.0 Å². The molecule has 0 aliphatic rings. The van der Waals surface area contributed by atoms with E-state index in [4.69, 9.17) is 18.9 Å². The standard InChI is InChI=1S/C20H24O4/c1-6-7-16(14-8-10-15(21-2)11-9-14)17-12-19(23-4)20(24-5)13-18(17)22-3/h6,8-13,16H,1,7H2,2-5H3. The van der Waals surface area contributed by atoms with Crippen molar-refractivity contribution >= 4 is 0 Å². The van der Waals surface area contributed by atoms with Crippen LogP contribution in [0, 0.1) is 0 Å². The Bertz CT molecular complexity index is 677. The Balaban J connectivity index is 2.54. The number of allylic oxidation sites excluding steroid dienone is 1. The normalized spacial score (nSPS) is 11.5. The highest BCUT2D eigenvalue weighted by atomic mass is 16.5. The zero-order valence-corrected chi connectivity index (χ0v) is 14.7. The molecule has 0 saturated carbocycles. The lowest BCUT2D eigenvalue weighted by atomic mass is 9.87. The Kier molecular flexibility index (Phi) is 6.13. The van der Waals surface area contributed by atoms with Crippen LogP contribution in [0.15, 0.2) is 49.1 Å². The van der Waals surface area contributed by atoms with E-state index in [1.807, 2.05) is 30.3 Å². The third kappa shape index (κ3) is 3.65. The summed E-state index contributed by atoms with van der Waals surface area (Å²) in [6.45, 7) is 3.90. The fraction of sp³-hybridized carbons (Fsp3) is 0.300. The van der Waals surface area contributed by atoms with Crippen molar-refractivity contribution in [1.29, 1.82) is 0 Å². The molecule has 0 bridgehead atoms. The van der Waals surface area contributed by atoms with Crippen LogP contribution in [0.3, 0.4) is 0 Å². The molecule has 4 nitrogen and oxygen atoms in total. The van der Waals surface area contributed by atoms with E-state index >= 15 is 0 Å². The summed E-state index contributed by atoms with van der Waals surface area (Å²) in [5.41, 5.74) is 2.18. The van der Waals surface area contributed by atoms with Crippen LogP contribution in [0.4, 0.5) is 0 Å². The molecule has 128 valence electrons. The van der Waals surface area contributed by atoms with Crippen LogP contribution in [-0.2, 0) is 0 Å². The molecule has 0 N–H and O–H groups in total. The average Bonchev–Trinajstić information content (AvgIpc) is 2.65. The second-order valence-electron chi connectivity index (χ2n) is 5.30. The largest absolute Gasteiger partial charge is 0.497 e. The van der Waals surface area contributed by atoms with Crippen LogP contribution in [0.5, 0.6) is 23.0 Å². The highest BCUT2D eigenvalue weighted by Gasteiger charge is 2.21. The van der Waals surface area contributed by atoms with Gasteiger partial charge in [0.1, 0.15) is 11.5 Å². The molecule has 0 fully saturated rings. The van der Waals surface area contributed by atoms with Gasteiger partial charge >= 0.3 is 0 Å². The predicted molar refractivity (Wildman–Crippen MR) is 95.7 cm³/mol. The van der Waals surface area contributed by atoms with Gasteiger partial charge in [0.2, 0.25) is 0 Å². The topological polar surface area (TPSA) is 36.9 Å². The minimum Gasteiger partial charge on any atom is -0.497 e. The Morgan fingerprint density at radius 2 is 1.42 bits per heavy atom. The van der Waals surface area contributed by atoms with E-state index in [1.54, 1.807) is 28.4 Å². The van der Waals surface area contributed by atoms with Crippen molar-refractivity contribution in [2.75, 3.05) is 28.4 Å². The maximum atomic E-state index is 5.59. The average molecular weight is 328 g/mol. The Morgan fingerprint density at radius 1 is 0.833 bits per heavy atom. The van der Waals surface area contributed by atoms with E-state index in [2.05, 4.69) is 18.7 Å². The first-order valence-electron chi connectivity index (χ1n) is 7.73. The first-order chi connectivity index (χ1) is 11.7. The van der Waals surface area contributed by atoms with Crippen LogP contribution >= 0.6 is 0 Å². The summed E-state index contributed by atoms with van der Waals surface area (Å²) in [7, 11) is 6.56. The van der Waals surface area contributed by atoms with Crippen molar-refractivity contribution in [2.45, 2.75) is 12.3 Å². The summed E-state index contributed by atoms with van der Waals surface area (Å²) in [6.07, 6.45) is 2.68. The van der Waals surface area contributed by atoms with Gasteiger partial charge in [-0.25, -0.2) is 0 Å². The van der Waals surface area contributed by atoms with E-state index < -0.39 is 0 Å². The SMILES string of the molecule is C=CCC(c1ccc(OC)cc1)c1cc(OC)c(OC)cc1OC. The molecular formula is C20H24O4. The number of hydrogen-bond acceptors (Lipinski definition) is 4. The summed E-state index contributed by atoms with van der Waals surface area (Å²) in [5, 5.41) is 0. The highest BCUT2D eigenvalue weighted by molar-refractivity contribution is 5.54. The van der Waals surface area contributed by atoms with Gasteiger partial charge in [0, 0.05) is 17.5 Å². The van der Waals surface area contributed by atoms with Gasteiger partial charge in [-0.15, -0.1) is 6.58 Å². The van der Waals surface area contributed by atoms with Gasteiger partial charge in [-0.2, -0.15) is 0 Å². The molecule has 0 aromatic heterocycles. The molecule has 0 spiro atoms. The molecule has 1 unspecified atom stereocenters. The highest BCUT2D eigenvalue weighted by Crippen LogP contribution is 2.41. The second-order valence-corrected chi connectivity index (χ2v) is 5.30. The van der Waals surface area contributed by atoms with Gasteiger partial charge in [-0.1, -0.05) is 18.2 Å². The first-order valence-corrected chi connectivity index (χ1v) is 7.73. The smallest absolute Gasteiger partial charge is 0.164 e. The minimum atomic E-state index is 0.100. The van der Waals surface area contributed by atoms with E-state index in [1.165, 1.54) is 0 Å². The van der Waals surface area contributed by atoms with Gasteiger partial charge in [-0.05, 0) is 30.2 Å². The van der Waals surface area contributed by atoms with Crippen molar-refractivity contribution in [3.63, 3.8) is 0 Å². The minimum absolute atomic E-state index is 0.100. The Labute approximate surface area is 143 Å². The van der Waals surface area contributed by atoms with Crippen LogP contribution in [-0.4, -0.2) is 28.4 Å². The number of methoxy groups -OCH3 is 4. The maximum absolute atomic E-state index is 5.59. The number of benzene rings is 2. The lowest BCUT2D eigenvalue weighted by Gasteiger charge is -2.21. The van der Waals surface area contributed by atoms with E-state index in [9.17, 15) is 0 Å². The Hall–Kier alpha value is -2.62. The molecule has 2 rings (SSSR count). The molecule has 0 heterocycles. The van der Waals surface area contributed by atoms with Crippen molar-refractivity contribution in [2.24, 2.45) is 0 Å². The lowest BCUT2D eigenvalue weighted by Crippen LogP contribution is -2.04. The summed E-state index contributed by atoms with van der Waals surface area (Å²) >= 11 is 0. The fourth-order valence-electron chi connectivity index (χ4n) is 2.77. The third-order valence-electron chi connectivity index (χ3n) is 4.03. The zero-order valence-electron chi connectivity index (χ0n) is 14.7. The first kappa shape index (κ1) is 17.7. The molecule has 2 aromatic carbocycles. The quantitative estimate of drug-likeness (QED) is 0.672. The van der Waals surface area contributed by atoms with Gasteiger partial charge in [-0.3, -0.25) is 0 Å². The maximum Gasteiger partial charge on any atom is 0.164 e. The fourth-order valence-corrected chi connectivity index (χ4v) is 2.77. The van der Waals surface area contributed by atoms with Gasteiger partial charge in [0.25, 0.3) is 0 Å². The van der Waals surface area contributed by atoms with Crippen LogP contribution in [0.25, 0.3) is 0 Å². The molecule has 1 atom stereocenters. The molecule has 2 aromatic rings. The van der Waals surface area contributed by atoms with E-state index in [0.29, 0.717) is 11.5 Å². The predicted octanol–water partition coefficient (Wildman–Crippen LogP) is 4.43. The lowest BCUT2D eigenvalue weighted by molar-refractivity contribution is 0.347. The van der Waals surface area contributed by atoms with Gasteiger partial charge in [0.15, 0.2) is 11.5 Å². The molecule has 4 heteroatoms. The monoisotopic (exact) mass is 328 g/mol. The third-order valence-corrected chi connectivity index (χ3v) is 4.03. The molecule has 0 aliphatic heterocycles. The summed E-state index contributed by atoms with van der Waals surface area (Å²) in [4.78, 5) is 0. The van der Waals surface area contributed by atoms with Crippen molar-refractivity contribution < 1.29 is 18.9 Å². The molecule has 0 radical (unpaired) electrons. The van der Waals surface area contributed by atoms with Crippen LogP contribution in [0.1, 0.15) is 23.5 Å². The molecule has 0 amide bonds. The summed E-state index contributed by atoms with van der Waals surface area (Å²) in [5.74, 6) is 3.01. The van der Waals surface area contributed by atoms with Crippen molar-refractivity contribution in [3.05, 3.63) is 60.2 Å². The number of hydrogen-bond donors (Lipinski definition) is 0. The van der Waals surface area contributed by atoms with Crippen molar-refractivity contribution in [1.82, 2.24) is 0 Å². The number of ether oxygens (including phenoxy) is 4. The van der Waals surface area contributed by atoms with Gasteiger partial charge < -0.3 is 18.9 Å². The summed E-state index contributed by atoms with van der Waals surface area (Å²) < 4.78 is 21.6. The van der Waals surface area contributed by atoms with Gasteiger partial charge in [0.05, 0.1) is 28.4 Å². The van der Waals surface area contributed by atoms with Crippen LogP contribution < -0.4 is 18.9 Å². The Morgan fingerprint density at radius 3 is 1.92 bits per heavy atom. The van der Waals surface area contributed by atoms with E-state index in [-0.39, 0.29) is 5.92 Å². The number of rotatable bonds is 8. The molecule has 24 heavy (non-hydrogen) atoms. The second kappa shape index (κ2) is 8.29. The molecule has 0 saturated heterocycles. The zero-order chi connectivity index (χ0) is 17.5. The van der Waals surface area contributed by atoms with E-state index in [0.717, 1.165) is 29.0 Å². The summed E-state index contributed by atoms with van der Waals surface area (Å²) in [6, 6.07) is 11.9. The molecular weight excluding hydrogens is 304 g/mol.